The number of nitrogens with zero attached hydrogens (tertiary/aromatic N) is 2. The Labute approximate surface area is 312 Å². The van der Waals surface area contributed by atoms with Gasteiger partial charge in [0, 0.05) is 55.3 Å². The van der Waals surface area contributed by atoms with Gasteiger partial charge in [0.15, 0.2) is 0 Å². The van der Waals surface area contributed by atoms with Crippen molar-refractivity contribution in [1.82, 2.24) is 20.6 Å². The second-order valence-electron chi connectivity index (χ2n) is 18.3. The number of hydroxylamine groups is 2. The number of aliphatic hydroxyl groups is 2. The number of methoxy groups -OCH3 is 1. The fourth-order valence-corrected chi connectivity index (χ4v) is 13.1. The summed E-state index contributed by atoms with van der Waals surface area (Å²) in [5.74, 6) is 3.21. The molecule has 11 heteroatoms. The maximum atomic E-state index is 14.3. The molecular weight excluding hydrogens is 665 g/mol. The van der Waals surface area contributed by atoms with Crippen molar-refractivity contribution in [2.75, 3.05) is 46.7 Å². The van der Waals surface area contributed by atoms with Crippen molar-refractivity contribution in [2.24, 2.45) is 52.8 Å². The topological polar surface area (TPSA) is 124 Å². The van der Waals surface area contributed by atoms with Gasteiger partial charge in [-0.1, -0.05) is 27.2 Å². The average Bonchev–Trinajstić information content (AvgIpc) is 3.76. The maximum absolute atomic E-state index is 14.3. The first-order valence-corrected chi connectivity index (χ1v) is 21.5. The van der Waals surface area contributed by atoms with Crippen molar-refractivity contribution in [3.63, 3.8) is 0 Å². The van der Waals surface area contributed by atoms with Crippen molar-refractivity contribution in [3.05, 3.63) is 0 Å². The van der Waals surface area contributed by atoms with Gasteiger partial charge < -0.3 is 30.5 Å². The predicted molar refractivity (Wildman–Crippen MR) is 202 cm³/mol. The van der Waals surface area contributed by atoms with Crippen LogP contribution < -0.4 is 10.6 Å². The summed E-state index contributed by atoms with van der Waals surface area (Å²) in [5.41, 5.74) is 0.322. The number of aliphatic hydroxyl groups excluding tert-OH is 2. The second kappa shape index (κ2) is 16.8. The van der Waals surface area contributed by atoms with Crippen LogP contribution in [0.2, 0.25) is 0 Å². The molecule has 7 rings (SSSR count). The monoisotopic (exact) mass is 735 g/mol. The number of carbonyl (C=O) groups excluding carboxylic acids is 2. The van der Waals surface area contributed by atoms with Gasteiger partial charge in [0.2, 0.25) is 11.8 Å². The molecule has 2 amide bonds. The summed E-state index contributed by atoms with van der Waals surface area (Å²) in [6, 6.07) is -0.247. The van der Waals surface area contributed by atoms with Crippen LogP contribution in [0.15, 0.2) is 0 Å². The van der Waals surface area contributed by atoms with Crippen molar-refractivity contribution < 1.29 is 29.4 Å². The van der Waals surface area contributed by atoms with E-state index in [9.17, 15) is 19.8 Å². The molecule has 5 aliphatic carbocycles. The molecule has 10 nitrogen and oxygen atoms in total. The summed E-state index contributed by atoms with van der Waals surface area (Å²) in [7, 11) is 6.09. The van der Waals surface area contributed by atoms with Crippen molar-refractivity contribution in [2.45, 2.75) is 140 Å². The van der Waals surface area contributed by atoms with Crippen LogP contribution in [0.3, 0.4) is 0 Å². The summed E-state index contributed by atoms with van der Waals surface area (Å²) in [6.45, 7) is 9.73. The minimum atomic E-state index is -0.818. The van der Waals surface area contributed by atoms with Crippen LogP contribution >= 0.6 is 11.8 Å². The highest BCUT2D eigenvalue weighted by Crippen LogP contribution is 2.61. The van der Waals surface area contributed by atoms with Gasteiger partial charge in [0.1, 0.15) is 12.1 Å². The third-order valence-corrected chi connectivity index (χ3v) is 16.4. The van der Waals surface area contributed by atoms with E-state index < -0.39 is 24.2 Å². The van der Waals surface area contributed by atoms with Gasteiger partial charge in [-0.15, -0.1) is 0 Å². The summed E-state index contributed by atoms with van der Waals surface area (Å²) < 4.78 is 6.39. The molecule has 51 heavy (non-hydrogen) atoms. The van der Waals surface area contributed by atoms with Crippen molar-refractivity contribution in [3.8, 4) is 0 Å². The average molecular weight is 735 g/mol. The first kappa shape index (κ1) is 39.7. The lowest BCUT2D eigenvalue weighted by Gasteiger charge is -2.62. The fourth-order valence-electron chi connectivity index (χ4n) is 11.8. The normalized spacial score (nSPS) is 43.1. The zero-order valence-electron chi connectivity index (χ0n) is 32.6. The van der Waals surface area contributed by atoms with Gasteiger partial charge in [-0.05, 0) is 126 Å². The SMILES string of the molecule is COC1C(CN2O[C@@H](CO)C(C(C)O)[C@H]2C(=O)N[C@H]2C[C@H]3C[C@@H]([C@@H]2C)C3(C)C)CCCC1C1CC(C(=O)NCCC2CCCS2)CC(N(C)C)C1. The van der Waals surface area contributed by atoms with Crippen LogP contribution in [-0.4, -0.2) is 120 Å². The van der Waals surface area contributed by atoms with E-state index in [1.54, 1.807) is 12.0 Å². The number of hydrogen-bond acceptors (Lipinski definition) is 9. The molecule has 7 fully saturated rings. The Balaban J connectivity index is 1.14. The molecule has 292 valence electrons. The standard InChI is InChI=1S/C40H70N4O6S/c1-23-32-19-28(40(32,3)4)20-33(23)42-39(48)36-35(24(2)46)34(22-45)50-44(36)21-25-10-8-12-31(37(25)49-7)26-16-27(18-29(17-26)43(5)6)38(47)41-14-13-30-11-9-15-51-30/h23-37,45-46H,8-22H2,1-7H3,(H,41,47)(H,42,48)/t23-,24?,25?,26?,27?,28+,29?,30?,31?,32-,33-,34-,35?,36-,37?/m0/s1. The Kier molecular flexibility index (Phi) is 13.1. The lowest BCUT2D eigenvalue weighted by molar-refractivity contribution is -0.193. The smallest absolute Gasteiger partial charge is 0.240 e. The quantitative estimate of drug-likeness (QED) is 0.219. The molecule has 15 atom stereocenters. The first-order chi connectivity index (χ1) is 24.3. The lowest BCUT2D eigenvalue weighted by atomic mass is 9.45. The molecular formula is C40H70N4O6S. The lowest BCUT2D eigenvalue weighted by Crippen LogP contribution is -2.62. The Morgan fingerprint density at radius 1 is 1.08 bits per heavy atom. The number of fused-ring (bicyclic) bond motifs is 2. The molecule has 9 unspecified atom stereocenters. The first-order valence-electron chi connectivity index (χ1n) is 20.4. The van der Waals surface area contributed by atoms with Crippen LogP contribution in [0, 0.1) is 52.8 Å². The second-order valence-corrected chi connectivity index (χ2v) is 19.7. The number of carbonyl (C=O) groups is 2. The van der Waals surface area contributed by atoms with E-state index in [1.165, 1.54) is 25.0 Å². The molecule has 2 saturated heterocycles. The molecule has 2 heterocycles. The number of ether oxygens (including phenoxy) is 1. The Morgan fingerprint density at radius 3 is 2.49 bits per heavy atom. The number of thioether (sulfide) groups is 1. The summed E-state index contributed by atoms with van der Waals surface area (Å²) >= 11 is 2.05. The summed E-state index contributed by atoms with van der Waals surface area (Å²) in [4.78, 5) is 36.6. The Bertz CT molecular complexity index is 1180. The van der Waals surface area contributed by atoms with E-state index in [-0.39, 0.29) is 42.4 Å². The van der Waals surface area contributed by atoms with E-state index in [4.69, 9.17) is 9.57 Å². The molecule has 2 bridgehead atoms. The maximum Gasteiger partial charge on any atom is 0.240 e. The number of nitrogens with one attached hydrogen (secondary N) is 2. The highest BCUT2D eigenvalue weighted by atomic mass is 32.2. The molecule has 0 aromatic heterocycles. The Morgan fingerprint density at radius 2 is 1.86 bits per heavy atom. The third-order valence-electron chi connectivity index (χ3n) is 15.0. The molecule has 4 N–H and O–H groups in total. The molecule has 5 saturated carbocycles. The predicted octanol–water partition coefficient (Wildman–Crippen LogP) is 4.33. The zero-order chi connectivity index (χ0) is 36.6. The Hall–Kier alpha value is -0.950. The van der Waals surface area contributed by atoms with Gasteiger partial charge in [-0.2, -0.15) is 16.8 Å². The minimum absolute atomic E-state index is 0.00356. The number of rotatable bonds is 13. The van der Waals surface area contributed by atoms with Crippen LogP contribution in [-0.2, 0) is 19.2 Å². The van der Waals surface area contributed by atoms with Gasteiger partial charge in [0.25, 0.3) is 0 Å². The molecule has 0 radical (unpaired) electrons. The molecule has 0 spiro atoms. The van der Waals surface area contributed by atoms with Crippen LogP contribution in [0.4, 0.5) is 0 Å². The van der Waals surface area contributed by atoms with Crippen molar-refractivity contribution >= 4 is 23.6 Å². The largest absolute Gasteiger partial charge is 0.394 e. The van der Waals surface area contributed by atoms with Gasteiger partial charge in [-0.3, -0.25) is 14.4 Å². The van der Waals surface area contributed by atoms with E-state index in [1.807, 2.05) is 18.9 Å². The highest BCUT2D eigenvalue weighted by molar-refractivity contribution is 8.00. The van der Waals surface area contributed by atoms with E-state index in [0.29, 0.717) is 52.8 Å². The summed E-state index contributed by atoms with van der Waals surface area (Å²) in [5, 5.41) is 30.6. The van der Waals surface area contributed by atoms with E-state index in [0.717, 1.165) is 57.9 Å². The fraction of sp³-hybridized carbons (Fsp3) is 0.950. The molecule has 0 aromatic carbocycles. The van der Waals surface area contributed by atoms with Gasteiger partial charge >= 0.3 is 0 Å². The van der Waals surface area contributed by atoms with E-state index >= 15 is 0 Å². The van der Waals surface area contributed by atoms with Crippen LogP contribution in [0.1, 0.15) is 98.3 Å². The molecule has 2 aliphatic heterocycles. The minimum Gasteiger partial charge on any atom is -0.394 e. The molecule has 7 aliphatic rings. The highest BCUT2D eigenvalue weighted by Gasteiger charge is 2.58. The summed E-state index contributed by atoms with van der Waals surface area (Å²) in [6.07, 6.45) is 10.2. The third kappa shape index (κ3) is 8.35. The van der Waals surface area contributed by atoms with Crippen LogP contribution in [0.25, 0.3) is 0 Å². The number of amides is 2. The number of hydrogen-bond donors (Lipinski definition) is 4. The van der Waals surface area contributed by atoms with Gasteiger partial charge in [-0.25, -0.2) is 0 Å². The van der Waals surface area contributed by atoms with Crippen molar-refractivity contribution in [1.29, 1.82) is 0 Å². The van der Waals surface area contributed by atoms with Gasteiger partial charge in [0.05, 0.1) is 18.8 Å². The molecule has 0 aromatic rings. The zero-order valence-corrected chi connectivity index (χ0v) is 33.4. The van der Waals surface area contributed by atoms with E-state index in [2.05, 4.69) is 50.4 Å². The van der Waals surface area contributed by atoms with Crippen LogP contribution in [0.5, 0.6) is 0 Å².